The first kappa shape index (κ1) is 12.8. The first-order chi connectivity index (χ1) is 9.36. The van der Waals surface area contributed by atoms with Crippen molar-refractivity contribution in [2.75, 3.05) is 6.61 Å². The van der Waals surface area contributed by atoms with E-state index in [9.17, 15) is 15.0 Å². The fourth-order valence-corrected chi connectivity index (χ4v) is 4.99. The molecule has 0 bridgehead atoms. The third-order valence-electron chi connectivity index (χ3n) is 5.89. The summed E-state index contributed by atoms with van der Waals surface area (Å²) in [6.07, 6.45) is 0.191. The van der Waals surface area contributed by atoms with Gasteiger partial charge < -0.3 is 19.7 Å². The molecule has 2 saturated carbocycles. The molecule has 2 heterocycles. The number of aliphatic hydroxyl groups is 2. The third kappa shape index (κ3) is 1.46. The lowest BCUT2D eigenvalue weighted by Gasteiger charge is -2.34. The molecule has 0 radical (unpaired) electrons. The molecule has 2 aliphatic carbocycles. The van der Waals surface area contributed by atoms with E-state index in [-0.39, 0.29) is 29.3 Å². The maximum Gasteiger partial charge on any atom is 0.334 e. The van der Waals surface area contributed by atoms with Crippen molar-refractivity contribution in [1.82, 2.24) is 0 Å². The van der Waals surface area contributed by atoms with Gasteiger partial charge in [0, 0.05) is 23.8 Å². The number of epoxide rings is 1. The van der Waals surface area contributed by atoms with Crippen LogP contribution in [0.1, 0.15) is 26.2 Å². The zero-order valence-electron chi connectivity index (χ0n) is 11.5. The third-order valence-corrected chi connectivity index (χ3v) is 5.89. The monoisotopic (exact) mass is 280 g/mol. The number of hydrogen-bond acceptors (Lipinski definition) is 5. The summed E-state index contributed by atoms with van der Waals surface area (Å²) in [4.78, 5) is 11.7. The molecule has 4 fully saturated rings. The van der Waals surface area contributed by atoms with Gasteiger partial charge in [0.2, 0.25) is 0 Å². The van der Waals surface area contributed by atoms with Crippen molar-refractivity contribution >= 4 is 5.97 Å². The maximum absolute atomic E-state index is 11.7. The highest BCUT2D eigenvalue weighted by atomic mass is 16.6. The molecule has 5 nitrogen and oxygen atoms in total. The molecule has 1 spiro atoms. The van der Waals surface area contributed by atoms with Crippen molar-refractivity contribution in [1.29, 1.82) is 0 Å². The van der Waals surface area contributed by atoms with Crippen LogP contribution < -0.4 is 0 Å². The standard InChI is InChI=1S/C15H20O5/c1-7-8-3-14(2)4-9(16)11(17)12(14)15(6-19-15)5-10(8)20-13(7)18/h8-12,16-17H,1,3-6H2,2H3. The normalized spacial score (nSPS) is 57.2. The summed E-state index contributed by atoms with van der Waals surface area (Å²) < 4.78 is 11.1. The van der Waals surface area contributed by atoms with E-state index in [0.29, 0.717) is 31.4 Å². The van der Waals surface area contributed by atoms with Crippen LogP contribution >= 0.6 is 0 Å². The van der Waals surface area contributed by atoms with E-state index in [1.165, 1.54) is 0 Å². The summed E-state index contributed by atoms with van der Waals surface area (Å²) in [5, 5.41) is 20.5. The quantitative estimate of drug-likeness (QED) is 0.381. The van der Waals surface area contributed by atoms with Gasteiger partial charge in [-0.05, 0) is 18.3 Å². The van der Waals surface area contributed by atoms with Gasteiger partial charge in [0.05, 0.1) is 18.8 Å². The molecular formula is C15H20O5. The van der Waals surface area contributed by atoms with Crippen molar-refractivity contribution in [2.45, 2.75) is 50.1 Å². The van der Waals surface area contributed by atoms with Gasteiger partial charge in [0.15, 0.2) is 0 Å². The molecule has 5 heteroatoms. The first-order valence-corrected chi connectivity index (χ1v) is 7.26. The maximum atomic E-state index is 11.7. The van der Waals surface area contributed by atoms with Crippen molar-refractivity contribution in [3.8, 4) is 0 Å². The van der Waals surface area contributed by atoms with Gasteiger partial charge in [0.25, 0.3) is 0 Å². The van der Waals surface area contributed by atoms with Crippen LogP contribution in [0, 0.1) is 17.3 Å². The van der Waals surface area contributed by atoms with Crippen LogP contribution in [0.2, 0.25) is 0 Å². The summed E-state index contributed by atoms with van der Waals surface area (Å²) in [7, 11) is 0. The first-order valence-electron chi connectivity index (χ1n) is 7.26. The minimum absolute atomic E-state index is 0.0175. The van der Waals surface area contributed by atoms with Crippen LogP contribution in [0.4, 0.5) is 0 Å². The molecule has 2 aliphatic heterocycles. The van der Waals surface area contributed by atoms with Crippen LogP contribution in [0.5, 0.6) is 0 Å². The molecule has 0 aromatic rings. The number of fused-ring (bicyclic) bond motifs is 3. The van der Waals surface area contributed by atoms with Gasteiger partial charge >= 0.3 is 5.97 Å². The molecule has 0 aromatic carbocycles. The van der Waals surface area contributed by atoms with E-state index in [4.69, 9.17) is 9.47 Å². The van der Waals surface area contributed by atoms with Crippen molar-refractivity contribution < 1.29 is 24.5 Å². The topological polar surface area (TPSA) is 79.3 Å². The number of ether oxygens (including phenoxy) is 2. The minimum atomic E-state index is -0.759. The average Bonchev–Trinajstić information content (AvgIpc) is 3.04. The van der Waals surface area contributed by atoms with Crippen LogP contribution in [-0.2, 0) is 14.3 Å². The second kappa shape index (κ2) is 3.64. The van der Waals surface area contributed by atoms with Crippen LogP contribution in [0.15, 0.2) is 12.2 Å². The van der Waals surface area contributed by atoms with Crippen molar-refractivity contribution in [3.05, 3.63) is 12.2 Å². The molecule has 0 amide bonds. The molecular weight excluding hydrogens is 260 g/mol. The lowest BCUT2D eigenvalue weighted by molar-refractivity contribution is -0.140. The predicted octanol–water partition coefficient (Wildman–Crippen LogP) is 0.395. The molecule has 110 valence electrons. The summed E-state index contributed by atoms with van der Waals surface area (Å²) in [5.41, 5.74) is -0.148. The highest BCUT2D eigenvalue weighted by molar-refractivity contribution is 5.90. The highest BCUT2D eigenvalue weighted by Crippen LogP contribution is 2.62. The van der Waals surface area contributed by atoms with Crippen LogP contribution in [0.25, 0.3) is 0 Å². The summed E-state index contributed by atoms with van der Waals surface area (Å²) >= 11 is 0. The van der Waals surface area contributed by atoms with Crippen LogP contribution in [0.3, 0.4) is 0 Å². The lowest BCUT2D eigenvalue weighted by atomic mass is 9.69. The summed E-state index contributed by atoms with van der Waals surface area (Å²) in [5.74, 6) is -0.421. The largest absolute Gasteiger partial charge is 0.458 e. The Kier molecular flexibility index (Phi) is 2.33. The highest BCUT2D eigenvalue weighted by Gasteiger charge is 2.69. The van der Waals surface area contributed by atoms with E-state index in [1.54, 1.807) is 0 Å². The smallest absolute Gasteiger partial charge is 0.334 e. The minimum Gasteiger partial charge on any atom is -0.458 e. The Morgan fingerprint density at radius 1 is 1.30 bits per heavy atom. The van der Waals surface area contributed by atoms with E-state index < -0.39 is 17.8 Å². The van der Waals surface area contributed by atoms with E-state index in [0.717, 1.165) is 0 Å². The SMILES string of the molecule is C=C1C(=O)OC2CC3(CO3)C3C(O)C(O)CC3(C)CC12. The number of aliphatic hydroxyl groups excluding tert-OH is 2. The van der Waals surface area contributed by atoms with Crippen molar-refractivity contribution in [3.63, 3.8) is 0 Å². The summed E-state index contributed by atoms with van der Waals surface area (Å²) in [6.45, 7) is 6.53. The van der Waals surface area contributed by atoms with Gasteiger partial charge in [-0.3, -0.25) is 0 Å². The number of carbonyl (C=O) groups is 1. The van der Waals surface area contributed by atoms with Gasteiger partial charge in [0.1, 0.15) is 11.7 Å². The van der Waals surface area contributed by atoms with Crippen LogP contribution in [-0.4, -0.2) is 46.7 Å². The molecule has 4 aliphatic rings. The molecule has 7 unspecified atom stereocenters. The average molecular weight is 280 g/mol. The number of esters is 1. The van der Waals surface area contributed by atoms with Crippen molar-refractivity contribution in [2.24, 2.45) is 17.3 Å². The van der Waals surface area contributed by atoms with Gasteiger partial charge in [-0.1, -0.05) is 13.5 Å². The fraction of sp³-hybridized carbons (Fsp3) is 0.800. The Hall–Kier alpha value is -0.910. The Bertz CT molecular complexity index is 496. The molecule has 20 heavy (non-hydrogen) atoms. The summed E-state index contributed by atoms with van der Waals surface area (Å²) in [6, 6.07) is 0. The van der Waals surface area contributed by atoms with Gasteiger partial charge in [-0.2, -0.15) is 0 Å². The van der Waals surface area contributed by atoms with E-state index >= 15 is 0 Å². The number of carbonyl (C=O) groups excluding carboxylic acids is 1. The zero-order chi connectivity index (χ0) is 14.3. The Labute approximate surface area is 117 Å². The molecule has 2 N–H and O–H groups in total. The Morgan fingerprint density at radius 2 is 2.00 bits per heavy atom. The molecule has 2 saturated heterocycles. The number of rotatable bonds is 0. The fourth-order valence-electron chi connectivity index (χ4n) is 4.99. The molecule has 0 aromatic heterocycles. The van der Waals surface area contributed by atoms with Gasteiger partial charge in [-0.25, -0.2) is 4.79 Å². The molecule has 7 atom stereocenters. The van der Waals surface area contributed by atoms with E-state index in [2.05, 4.69) is 13.5 Å². The number of hydrogen-bond donors (Lipinski definition) is 2. The lowest BCUT2D eigenvalue weighted by Crippen LogP contribution is -2.41. The second-order valence-corrected chi connectivity index (χ2v) is 7.23. The van der Waals surface area contributed by atoms with E-state index in [1.807, 2.05) is 0 Å². The Morgan fingerprint density at radius 3 is 2.65 bits per heavy atom. The second-order valence-electron chi connectivity index (χ2n) is 7.23. The Balaban J connectivity index is 1.76. The predicted molar refractivity (Wildman–Crippen MR) is 68.7 cm³/mol. The van der Waals surface area contributed by atoms with Gasteiger partial charge in [-0.15, -0.1) is 0 Å². The zero-order valence-corrected chi connectivity index (χ0v) is 11.5. The molecule has 4 rings (SSSR count).